The first-order valence-corrected chi connectivity index (χ1v) is 13.0. The molecule has 0 radical (unpaired) electrons. The van der Waals surface area contributed by atoms with Gasteiger partial charge >= 0.3 is 0 Å². The summed E-state index contributed by atoms with van der Waals surface area (Å²) in [5, 5.41) is 7.50. The van der Waals surface area contributed by atoms with E-state index in [1.807, 2.05) is 26.8 Å². The number of hydrogen-bond acceptors (Lipinski definition) is 4. The third-order valence-electron chi connectivity index (χ3n) is 6.27. The number of hydrogen-bond donors (Lipinski definition) is 1. The molecule has 36 heavy (non-hydrogen) atoms. The molecule has 0 saturated heterocycles. The molecule has 1 N–H and O–H groups in total. The summed E-state index contributed by atoms with van der Waals surface area (Å²) >= 11 is 1.39. The average molecular weight is 511 g/mol. The fourth-order valence-electron chi connectivity index (χ4n) is 4.41. The first kappa shape index (κ1) is 24.5. The number of anilines is 1. The van der Waals surface area contributed by atoms with Crippen LogP contribution < -0.4 is 10.2 Å². The zero-order valence-corrected chi connectivity index (χ0v) is 21.2. The van der Waals surface area contributed by atoms with Crippen LogP contribution in [0.15, 0.2) is 48.5 Å². The zero-order valence-electron chi connectivity index (χ0n) is 20.4. The van der Waals surface area contributed by atoms with Gasteiger partial charge in [-0.05, 0) is 54.8 Å². The summed E-state index contributed by atoms with van der Waals surface area (Å²) < 4.78 is 29.7. The Morgan fingerprint density at radius 3 is 2.47 bits per heavy atom. The lowest BCUT2D eigenvalue weighted by atomic mass is 9.87. The Labute approximate surface area is 213 Å². The van der Waals surface area contributed by atoms with Crippen LogP contribution in [0, 0.1) is 11.6 Å². The topological polar surface area (TPSA) is 67.2 Å². The lowest BCUT2D eigenvalue weighted by Gasteiger charge is -2.24. The molecule has 188 valence electrons. The first-order valence-electron chi connectivity index (χ1n) is 12.0. The van der Waals surface area contributed by atoms with Crippen molar-refractivity contribution in [1.82, 2.24) is 15.1 Å². The van der Waals surface area contributed by atoms with Crippen molar-refractivity contribution in [3.63, 3.8) is 0 Å². The van der Waals surface area contributed by atoms with E-state index in [2.05, 4.69) is 5.32 Å². The van der Waals surface area contributed by atoms with Crippen LogP contribution in [-0.4, -0.2) is 39.9 Å². The highest BCUT2D eigenvalue weighted by Crippen LogP contribution is 2.48. The van der Waals surface area contributed by atoms with Gasteiger partial charge in [0.1, 0.15) is 24.0 Å². The molecule has 5 rings (SSSR count). The number of nitrogens with zero attached hydrogens (tertiary/aromatic N) is 3. The molecule has 1 unspecified atom stereocenters. The van der Waals surface area contributed by atoms with E-state index in [0.29, 0.717) is 17.1 Å². The largest absolute Gasteiger partial charge is 0.352 e. The second-order valence-electron chi connectivity index (χ2n) is 10.3. The van der Waals surface area contributed by atoms with E-state index in [1.54, 1.807) is 22.9 Å². The maximum atomic E-state index is 14.3. The molecule has 6 nitrogen and oxygen atoms in total. The van der Waals surface area contributed by atoms with Gasteiger partial charge in [-0.15, -0.1) is 11.8 Å². The highest BCUT2D eigenvalue weighted by molar-refractivity contribution is 8.00. The molecule has 1 aliphatic heterocycles. The molecule has 9 heteroatoms. The maximum Gasteiger partial charge on any atom is 0.240 e. The van der Waals surface area contributed by atoms with Gasteiger partial charge in [0, 0.05) is 17.0 Å². The summed E-state index contributed by atoms with van der Waals surface area (Å²) in [7, 11) is 0. The number of benzene rings is 2. The van der Waals surface area contributed by atoms with Crippen LogP contribution in [0.5, 0.6) is 0 Å². The summed E-state index contributed by atoms with van der Waals surface area (Å²) in [6, 6.07) is 12.4. The van der Waals surface area contributed by atoms with Crippen LogP contribution in [0.25, 0.3) is 5.69 Å². The van der Waals surface area contributed by atoms with Gasteiger partial charge in [0.2, 0.25) is 11.8 Å². The summed E-state index contributed by atoms with van der Waals surface area (Å²) in [5.41, 5.74) is 2.32. The number of carbonyl (C=O) groups excluding carboxylic acids is 2. The molecule has 1 saturated carbocycles. The summed E-state index contributed by atoms with van der Waals surface area (Å²) in [6.07, 6.45) is 1.87. The monoisotopic (exact) mass is 510 g/mol. The smallest absolute Gasteiger partial charge is 0.240 e. The van der Waals surface area contributed by atoms with Crippen molar-refractivity contribution in [1.29, 1.82) is 0 Å². The number of fused-ring (bicyclic) bond motifs is 1. The second kappa shape index (κ2) is 9.35. The average Bonchev–Trinajstić information content (AvgIpc) is 3.56. The van der Waals surface area contributed by atoms with Gasteiger partial charge in [0.25, 0.3) is 0 Å². The fourth-order valence-corrected chi connectivity index (χ4v) is 5.60. The molecule has 0 bridgehead atoms. The van der Waals surface area contributed by atoms with E-state index in [0.717, 1.165) is 24.1 Å². The Morgan fingerprint density at radius 2 is 1.83 bits per heavy atom. The number of rotatable bonds is 5. The Balaban J connectivity index is 1.74. The summed E-state index contributed by atoms with van der Waals surface area (Å²) in [5.74, 6) is -0.668. The second-order valence-corrected chi connectivity index (χ2v) is 11.4. The highest BCUT2D eigenvalue weighted by Gasteiger charge is 2.40. The van der Waals surface area contributed by atoms with Crippen molar-refractivity contribution in [2.75, 3.05) is 17.2 Å². The van der Waals surface area contributed by atoms with Crippen LogP contribution in [0.3, 0.4) is 0 Å². The number of thioether (sulfide) groups is 1. The van der Waals surface area contributed by atoms with Crippen LogP contribution in [0.1, 0.15) is 55.7 Å². The van der Waals surface area contributed by atoms with E-state index in [9.17, 15) is 18.4 Å². The first-order chi connectivity index (χ1) is 17.1. The molecule has 0 spiro atoms. The Bertz CT molecular complexity index is 1310. The van der Waals surface area contributed by atoms with Gasteiger partial charge in [-0.2, -0.15) is 5.10 Å². The maximum absolute atomic E-state index is 14.3. The molecular formula is C27H28F2N4O2S. The third kappa shape index (κ3) is 4.89. The normalized spacial score (nSPS) is 18.1. The van der Waals surface area contributed by atoms with Crippen molar-refractivity contribution >= 4 is 29.4 Å². The van der Waals surface area contributed by atoms with Crippen LogP contribution in [-0.2, 0) is 15.0 Å². The van der Waals surface area contributed by atoms with Crippen LogP contribution in [0.2, 0.25) is 0 Å². The number of halogens is 2. The van der Waals surface area contributed by atoms with Crippen molar-refractivity contribution in [2.24, 2.45) is 0 Å². The number of carbonyl (C=O) groups is 2. The van der Waals surface area contributed by atoms with Gasteiger partial charge in [-0.3, -0.25) is 14.5 Å². The lowest BCUT2D eigenvalue weighted by Crippen LogP contribution is -2.43. The number of amides is 2. The van der Waals surface area contributed by atoms with Gasteiger partial charge in [0.15, 0.2) is 0 Å². The number of aromatic nitrogens is 2. The standard InChI is InChI=1S/C27H28F2N4O2S/c1-27(2,3)25-23-24(16-5-4-6-18(29)13-16)36-15-22(35)32(14-21(34)30-19-9-10-19)26(23)33(31-25)20-11-7-17(28)8-12-20/h4-8,11-13,19,24H,9-10,14-15H2,1-3H3,(H,30,34). The quantitative estimate of drug-likeness (QED) is 0.531. The molecule has 3 aromatic rings. The van der Waals surface area contributed by atoms with E-state index < -0.39 is 11.2 Å². The SMILES string of the molecule is CC(C)(C)c1nn(-c2ccc(F)cc2)c2c1C(c1cccc(F)c1)SCC(=O)N2CC(=O)NC1CC1. The van der Waals surface area contributed by atoms with Crippen molar-refractivity contribution in [3.05, 3.63) is 77.0 Å². The predicted molar refractivity (Wildman–Crippen MR) is 136 cm³/mol. The van der Waals surface area contributed by atoms with Crippen molar-refractivity contribution in [3.8, 4) is 5.69 Å². The van der Waals surface area contributed by atoms with Crippen LogP contribution >= 0.6 is 11.8 Å². The summed E-state index contributed by atoms with van der Waals surface area (Å²) in [6.45, 7) is 5.91. The van der Waals surface area contributed by atoms with E-state index in [1.165, 1.54) is 40.9 Å². The van der Waals surface area contributed by atoms with Crippen LogP contribution in [0.4, 0.5) is 14.6 Å². The molecule has 1 aliphatic carbocycles. The van der Waals surface area contributed by atoms with E-state index in [4.69, 9.17) is 5.10 Å². The molecule has 2 heterocycles. The number of nitrogens with one attached hydrogen (secondary N) is 1. The summed E-state index contributed by atoms with van der Waals surface area (Å²) in [4.78, 5) is 27.9. The molecule has 2 aliphatic rings. The minimum atomic E-state index is -0.434. The molecule has 2 aromatic carbocycles. The minimum Gasteiger partial charge on any atom is -0.352 e. The predicted octanol–water partition coefficient (Wildman–Crippen LogP) is 4.90. The molecular weight excluding hydrogens is 482 g/mol. The zero-order chi connectivity index (χ0) is 25.6. The molecule has 1 aromatic heterocycles. The van der Waals surface area contributed by atoms with Crippen molar-refractivity contribution in [2.45, 2.75) is 50.3 Å². The minimum absolute atomic E-state index is 0.111. The molecule has 1 fully saturated rings. The molecule has 1 atom stereocenters. The third-order valence-corrected chi connectivity index (χ3v) is 7.52. The molecule has 2 amide bonds. The van der Waals surface area contributed by atoms with Gasteiger partial charge in [-0.25, -0.2) is 13.5 Å². The van der Waals surface area contributed by atoms with E-state index >= 15 is 0 Å². The van der Waals surface area contributed by atoms with E-state index in [-0.39, 0.29) is 41.2 Å². The lowest BCUT2D eigenvalue weighted by molar-refractivity contribution is -0.123. The Kier molecular flexibility index (Phi) is 6.36. The van der Waals surface area contributed by atoms with Crippen molar-refractivity contribution < 1.29 is 18.4 Å². The van der Waals surface area contributed by atoms with Gasteiger partial charge < -0.3 is 5.32 Å². The van der Waals surface area contributed by atoms with Gasteiger partial charge in [-0.1, -0.05) is 32.9 Å². The Morgan fingerprint density at radius 1 is 1.11 bits per heavy atom. The van der Waals surface area contributed by atoms with Gasteiger partial charge in [0.05, 0.1) is 22.4 Å². The Hall–Kier alpha value is -3.20. The fraction of sp³-hybridized carbons (Fsp3) is 0.370. The highest BCUT2D eigenvalue weighted by atomic mass is 32.2.